The second kappa shape index (κ2) is 11.0. The molecule has 0 N–H and O–H groups in total. The normalized spacial score (nSPS) is 12.5. The Morgan fingerprint density at radius 2 is 1.53 bits per heavy atom. The van der Waals surface area contributed by atoms with Gasteiger partial charge < -0.3 is 4.74 Å². The standard InChI is InChI=1S/C26H26F3NO2/c1-20(17-22-11-8-14-24(18-22)26(27,28)29)30(19-21-9-4-2-5-10-21)15-16-32-25(31)23-12-6-3-7-13-23/h2-14,18,20H,15-17,19H2,1H3. The highest BCUT2D eigenvalue weighted by atomic mass is 19.4. The van der Waals surface area contributed by atoms with Crippen molar-refractivity contribution in [1.82, 2.24) is 4.90 Å². The number of rotatable bonds is 9. The fourth-order valence-corrected chi connectivity index (χ4v) is 3.53. The molecule has 0 radical (unpaired) electrons. The van der Waals surface area contributed by atoms with Crippen LogP contribution < -0.4 is 0 Å². The zero-order valence-corrected chi connectivity index (χ0v) is 17.9. The molecule has 0 aromatic heterocycles. The number of alkyl halides is 3. The Kier molecular flexibility index (Phi) is 8.06. The summed E-state index contributed by atoms with van der Waals surface area (Å²) in [5.74, 6) is -0.393. The third-order valence-corrected chi connectivity index (χ3v) is 5.26. The predicted molar refractivity (Wildman–Crippen MR) is 118 cm³/mol. The molecule has 0 fully saturated rings. The molecule has 0 bridgehead atoms. The van der Waals surface area contributed by atoms with Crippen molar-refractivity contribution in [2.24, 2.45) is 0 Å². The van der Waals surface area contributed by atoms with E-state index >= 15 is 0 Å². The molecular formula is C26H26F3NO2. The molecule has 1 atom stereocenters. The zero-order chi connectivity index (χ0) is 23.0. The first-order valence-corrected chi connectivity index (χ1v) is 10.5. The minimum absolute atomic E-state index is 0.0610. The van der Waals surface area contributed by atoms with Crippen molar-refractivity contribution in [3.63, 3.8) is 0 Å². The highest BCUT2D eigenvalue weighted by Crippen LogP contribution is 2.30. The lowest BCUT2D eigenvalue weighted by Gasteiger charge is -2.29. The molecule has 0 saturated carbocycles. The fraction of sp³-hybridized carbons (Fsp3) is 0.269. The van der Waals surface area contributed by atoms with Gasteiger partial charge >= 0.3 is 12.1 Å². The van der Waals surface area contributed by atoms with Crippen molar-refractivity contribution < 1.29 is 22.7 Å². The number of carbonyl (C=O) groups excluding carboxylic acids is 1. The molecule has 0 spiro atoms. The predicted octanol–water partition coefficient (Wildman–Crippen LogP) is 6.00. The maximum Gasteiger partial charge on any atom is 0.416 e. The van der Waals surface area contributed by atoms with Crippen molar-refractivity contribution >= 4 is 5.97 Å². The van der Waals surface area contributed by atoms with Crippen LogP contribution in [0.1, 0.15) is 34.0 Å². The average Bonchev–Trinajstić information content (AvgIpc) is 2.79. The lowest BCUT2D eigenvalue weighted by Crippen LogP contribution is -2.37. The van der Waals surface area contributed by atoms with Gasteiger partial charge in [-0.3, -0.25) is 4.90 Å². The van der Waals surface area contributed by atoms with Crippen LogP contribution in [0.3, 0.4) is 0 Å². The molecule has 0 saturated heterocycles. The number of carbonyl (C=O) groups is 1. The van der Waals surface area contributed by atoms with Gasteiger partial charge in [-0.25, -0.2) is 4.79 Å². The number of hydrogen-bond acceptors (Lipinski definition) is 3. The van der Waals surface area contributed by atoms with E-state index in [-0.39, 0.29) is 12.6 Å². The van der Waals surface area contributed by atoms with E-state index in [9.17, 15) is 18.0 Å². The molecule has 6 heteroatoms. The first-order chi connectivity index (χ1) is 15.3. The maximum absolute atomic E-state index is 13.1. The van der Waals surface area contributed by atoms with E-state index in [0.29, 0.717) is 30.6 Å². The van der Waals surface area contributed by atoms with Gasteiger partial charge in [0.25, 0.3) is 0 Å². The summed E-state index contributed by atoms with van der Waals surface area (Å²) in [6, 6.07) is 24.0. The molecule has 168 valence electrons. The molecule has 0 aliphatic heterocycles. The third kappa shape index (κ3) is 6.95. The molecule has 0 amide bonds. The van der Waals surface area contributed by atoms with Gasteiger partial charge in [0.15, 0.2) is 0 Å². The second-order valence-corrected chi connectivity index (χ2v) is 7.71. The summed E-state index contributed by atoms with van der Waals surface area (Å²) >= 11 is 0. The van der Waals surface area contributed by atoms with E-state index in [1.807, 2.05) is 43.3 Å². The van der Waals surface area contributed by atoms with Crippen LogP contribution in [0.2, 0.25) is 0 Å². The Hall–Kier alpha value is -3.12. The highest BCUT2D eigenvalue weighted by molar-refractivity contribution is 5.89. The molecule has 3 nitrogen and oxygen atoms in total. The van der Waals surface area contributed by atoms with E-state index in [2.05, 4.69) is 4.90 Å². The molecule has 32 heavy (non-hydrogen) atoms. The molecular weight excluding hydrogens is 415 g/mol. The summed E-state index contributed by atoms with van der Waals surface area (Å²) in [5.41, 5.74) is 1.54. The Balaban J connectivity index is 1.67. The van der Waals surface area contributed by atoms with Crippen LogP contribution >= 0.6 is 0 Å². The zero-order valence-electron chi connectivity index (χ0n) is 17.9. The van der Waals surface area contributed by atoms with Crippen molar-refractivity contribution in [1.29, 1.82) is 0 Å². The number of esters is 1. The average molecular weight is 441 g/mol. The third-order valence-electron chi connectivity index (χ3n) is 5.26. The fourth-order valence-electron chi connectivity index (χ4n) is 3.53. The van der Waals surface area contributed by atoms with Crippen LogP contribution in [0.4, 0.5) is 13.2 Å². The molecule has 3 rings (SSSR count). The van der Waals surface area contributed by atoms with Crippen molar-refractivity contribution in [3.05, 3.63) is 107 Å². The van der Waals surface area contributed by atoms with E-state index in [4.69, 9.17) is 4.74 Å². The van der Waals surface area contributed by atoms with Gasteiger partial charge in [0.1, 0.15) is 6.61 Å². The van der Waals surface area contributed by atoms with Gasteiger partial charge in [-0.05, 0) is 42.7 Å². The summed E-state index contributed by atoms with van der Waals surface area (Å²) < 4.78 is 44.7. The number of hydrogen-bond donors (Lipinski definition) is 0. The second-order valence-electron chi connectivity index (χ2n) is 7.71. The Morgan fingerprint density at radius 3 is 2.19 bits per heavy atom. The van der Waals surface area contributed by atoms with Gasteiger partial charge in [-0.1, -0.05) is 66.7 Å². The number of halogens is 3. The minimum atomic E-state index is -4.37. The van der Waals surface area contributed by atoms with Gasteiger partial charge in [-0.2, -0.15) is 13.2 Å². The van der Waals surface area contributed by atoms with Gasteiger partial charge in [0.05, 0.1) is 11.1 Å². The van der Waals surface area contributed by atoms with Gasteiger partial charge in [0.2, 0.25) is 0 Å². The maximum atomic E-state index is 13.1. The topological polar surface area (TPSA) is 29.5 Å². The van der Waals surface area contributed by atoms with Crippen molar-refractivity contribution in [2.75, 3.05) is 13.2 Å². The molecule has 0 heterocycles. The molecule has 3 aromatic carbocycles. The van der Waals surface area contributed by atoms with Crippen LogP contribution in [-0.4, -0.2) is 30.1 Å². The summed E-state index contributed by atoms with van der Waals surface area (Å²) in [4.78, 5) is 14.3. The number of nitrogens with zero attached hydrogens (tertiary/aromatic N) is 1. The summed E-state index contributed by atoms with van der Waals surface area (Å²) in [6.45, 7) is 3.23. The summed E-state index contributed by atoms with van der Waals surface area (Å²) in [5, 5.41) is 0. The van der Waals surface area contributed by atoms with E-state index in [0.717, 1.165) is 11.6 Å². The number of ether oxygens (including phenoxy) is 1. The minimum Gasteiger partial charge on any atom is -0.461 e. The van der Waals surface area contributed by atoms with Crippen molar-refractivity contribution in [3.8, 4) is 0 Å². The summed E-state index contributed by atoms with van der Waals surface area (Å²) in [6.07, 6.45) is -3.92. The first-order valence-electron chi connectivity index (χ1n) is 10.5. The summed E-state index contributed by atoms with van der Waals surface area (Å²) in [7, 11) is 0. The Morgan fingerprint density at radius 1 is 0.906 bits per heavy atom. The quantitative estimate of drug-likeness (QED) is 0.382. The molecule has 3 aromatic rings. The van der Waals surface area contributed by atoms with E-state index in [1.54, 1.807) is 30.3 Å². The highest BCUT2D eigenvalue weighted by Gasteiger charge is 2.30. The number of benzene rings is 3. The van der Waals surface area contributed by atoms with Gasteiger partial charge in [-0.15, -0.1) is 0 Å². The smallest absolute Gasteiger partial charge is 0.416 e. The van der Waals surface area contributed by atoms with E-state index in [1.165, 1.54) is 12.1 Å². The van der Waals surface area contributed by atoms with Crippen molar-refractivity contribution in [2.45, 2.75) is 32.1 Å². The molecule has 0 aliphatic rings. The SMILES string of the molecule is CC(Cc1cccc(C(F)(F)F)c1)N(CCOC(=O)c1ccccc1)Cc1ccccc1. The lowest BCUT2D eigenvalue weighted by atomic mass is 10.0. The van der Waals surface area contributed by atoms with Crippen LogP contribution in [0.25, 0.3) is 0 Å². The molecule has 0 aliphatic carbocycles. The van der Waals surface area contributed by atoms with Crippen LogP contribution in [0.15, 0.2) is 84.9 Å². The van der Waals surface area contributed by atoms with Gasteiger partial charge in [0, 0.05) is 19.1 Å². The Bertz CT molecular complexity index is 991. The first kappa shape index (κ1) is 23.5. The van der Waals surface area contributed by atoms with Crippen LogP contribution in [-0.2, 0) is 23.9 Å². The Labute approximate surface area is 186 Å². The monoisotopic (exact) mass is 441 g/mol. The van der Waals surface area contributed by atoms with Crippen LogP contribution in [0, 0.1) is 0 Å². The van der Waals surface area contributed by atoms with E-state index < -0.39 is 17.7 Å². The van der Waals surface area contributed by atoms with Crippen LogP contribution in [0.5, 0.6) is 0 Å². The lowest BCUT2D eigenvalue weighted by molar-refractivity contribution is -0.137. The molecule has 1 unspecified atom stereocenters. The largest absolute Gasteiger partial charge is 0.461 e.